The van der Waals surface area contributed by atoms with Gasteiger partial charge >= 0.3 is 11.9 Å². The van der Waals surface area contributed by atoms with Crippen LogP contribution in [0.2, 0.25) is 0 Å². The van der Waals surface area contributed by atoms with Gasteiger partial charge in [-0.2, -0.15) is 0 Å². The number of allylic oxidation sites excluding steroid dienone is 6. The first-order valence-corrected chi connectivity index (χ1v) is 14.6. The van der Waals surface area contributed by atoms with Gasteiger partial charge in [-0.3, -0.25) is 14.4 Å². The Morgan fingerprint density at radius 3 is 2.22 bits per heavy atom. The molecule has 0 radical (unpaired) electrons. The van der Waals surface area contributed by atoms with Crippen LogP contribution in [0.1, 0.15) is 88.0 Å². The van der Waals surface area contributed by atoms with E-state index in [-0.39, 0.29) is 22.4 Å². The molecule has 0 spiro atoms. The molecule has 10 heteroatoms. The van der Waals surface area contributed by atoms with E-state index >= 15 is 0 Å². The number of aliphatic carboxylic acids is 2. The Balaban J connectivity index is 1.95. The van der Waals surface area contributed by atoms with Gasteiger partial charge in [0.25, 0.3) is 5.91 Å². The molecule has 2 rings (SSSR count). The third kappa shape index (κ3) is 11.0. The summed E-state index contributed by atoms with van der Waals surface area (Å²) in [5.74, 6) is -2.49. The van der Waals surface area contributed by atoms with E-state index in [2.05, 4.69) is 42.4 Å². The van der Waals surface area contributed by atoms with E-state index < -0.39 is 24.4 Å². The van der Waals surface area contributed by atoms with Gasteiger partial charge in [0, 0.05) is 11.6 Å². The summed E-state index contributed by atoms with van der Waals surface area (Å²) in [4.78, 5) is 38.4. The van der Waals surface area contributed by atoms with E-state index in [0.29, 0.717) is 28.6 Å². The van der Waals surface area contributed by atoms with Crippen molar-refractivity contribution in [2.45, 2.75) is 79.1 Å². The van der Waals surface area contributed by atoms with Crippen molar-refractivity contribution in [2.75, 3.05) is 13.7 Å². The molecule has 0 fully saturated rings. The van der Waals surface area contributed by atoms with E-state index in [1.54, 1.807) is 13.0 Å². The molecule has 0 aliphatic carbocycles. The van der Waals surface area contributed by atoms with Crippen LogP contribution >= 0.6 is 11.3 Å². The maximum atomic E-state index is 12.3. The zero-order chi connectivity index (χ0) is 30.5. The minimum atomic E-state index is -1.14. The molecule has 0 saturated heterocycles. The number of thiazole rings is 1. The van der Waals surface area contributed by atoms with Gasteiger partial charge in [0.15, 0.2) is 16.5 Å². The molecule has 41 heavy (non-hydrogen) atoms. The molecule has 0 aliphatic heterocycles. The summed E-state index contributed by atoms with van der Waals surface area (Å²) >= 11 is 1.11. The Morgan fingerprint density at radius 2 is 1.63 bits per heavy atom. The zero-order valence-corrected chi connectivity index (χ0v) is 25.4. The first-order chi connectivity index (χ1) is 19.4. The van der Waals surface area contributed by atoms with Gasteiger partial charge in [-0.15, -0.1) is 11.3 Å². The van der Waals surface area contributed by atoms with E-state index in [1.165, 1.54) is 23.8 Å². The number of carbonyl (C=O) groups is 3. The number of phenols is 1. The van der Waals surface area contributed by atoms with Crippen molar-refractivity contribution in [3.63, 3.8) is 0 Å². The third-order valence-electron chi connectivity index (χ3n) is 6.88. The predicted molar refractivity (Wildman–Crippen MR) is 162 cm³/mol. The number of nitrogens with zero attached hydrogens (tertiary/aromatic N) is 1. The number of carbonyl (C=O) groups excluding carboxylic acids is 1. The van der Waals surface area contributed by atoms with Gasteiger partial charge in [-0.1, -0.05) is 41.9 Å². The second kappa shape index (κ2) is 16.6. The van der Waals surface area contributed by atoms with Gasteiger partial charge in [0.05, 0.1) is 23.2 Å². The number of methoxy groups -OCH3 is 1. The molecule has 1 heterocycles. The van der Waals surface area contributed by atoms with Crippen molar-refractivity contribution in [3.05, 3.63) is 51.6 Å². The minimum Gasteiger partial charge on any atom is -0.504 e. The number of rotatable bonds is 17. The van der Waals surface area contributed by atoms with Crippen LogP contribution in [0.5, 0.6) is 11.5 Å². The lowest BCUT2D eigenvalue weighted by molar-refractivity contribution is -0.141. The monoisotopic (exact) mass is 586 g/mol. The molecule has 1 unspecified atom stereocenters. The molecule has 1 aromatic heterocycles. The molecule has 224 valence electrons. The molecule has 1 aromatic carbocycles. The van der Waals surface area contributed by atoms with Crippen LogP contribution < -0.4 is 10.1 Å². The first kappa shape index (κ1) is 33.5. The Hall–Kier alpha value is -3.66. The molecular formula is C31H42N2O7S. The minimum absolute atomic E-state index is 0.000629. The van der Waals surface area contributed by atoms with Crippen molar-refractivity contribution in [1.82, 2.24) is 10.3 Å². The van der Waals surface area contributed by atoms with Crippen LogP contribution in [-0.2, 0) is 16.0 Å². The molecule has 0 saturated carbocycles. The largest absolute Gasteiger partial charge is 0.504 e. The molecule has 1 atom stereocenters. The smallest absolute Gasteiger partial charge is 0.322 e. The standard InChI is InChI=1S/C31H42N2O7S/c1-19(9-6-10-20(2)13-8-14-22(4)31(38)39)11-7-12-21(3)15-16-23-27(36)25(40-5)17-24-28(23)41-30(33-24)29(37)32-18-26(34)35/h10-11,15,17,22,36H,6-9,12-14,16,18H2,1-5H3,(H,32,37)(H,34,35)(H,38,39)/b19-11+,20-10+,21-15+. The second-order valence-corrected chi connectivity index (χ2v) is 11.4. The number of hydrogen-bond acceptors (Lipinski definition) is 7. The van der Waals surface area contributed by atoms with Crippen LogP contribution in [0.15, 0.2) is 41.0 Å². The Kier molecular flexibility index (Phi) is 13.6. The highest BCUT2D eigenvalue weighted by atomic mass is 32.1. The number of carboxylic acid groups (broad SMARTS) is 2. The molecule has 0 aliphatic rings. The number of aromatic nitrogens is 1. The van der Waals surface area contributed by atoms with Gasteiger partial charge in [0.1, 0.15) is 6.54 Å². The SMILES string of the molecule is COc1cc2nc(C(=O)NCC(=O)O)sc2c(C/C=C(\C)CC/C=C(\C)CC/C=C(\C)CCCC(C)C(=O)O)c1O. The summed E-state index contributed by atoms with van der Waals surface area (Å²) in [6, 6.07) is 1.57. The fourth-order valence-electron chi connectivity index (χ4n) is 4.25. The summed E-state index contributed by atoms with van der Waals surface area (Å²) < 4.78 is 5.96. The van der Waals surface area contributed by atoms with Crippen LogP contribution in [0, 0.1) is 5.92 Å². The van der Waals surface area contributed by atoms with Gasteiger partial charge in [-0.05, 0) is 72.1 Å². The average molecular weight is 587 g/mol. The molecule has 0 bridgehead atoms. The van der Waals surface area contributed by atoms with E-state index in [1.807, 2.05) is 6.92 Å². The quantitative estimate of drug-likeness (QED) is 0.151. The Morgan fingerprint density at radius 1 is 1.02 bits per heavy atom. The van der Waals surface area contributed by atoms with Crippen molar-refractivity contribution >= 4 is 39.4 Å². The van der Waals surface area contributed by atoms with Crippen LogP contribution in [-0.4, -0.2) is 51.8 Å². The highest BCUT2D eigenvalue weighted by Crippen LogP contribution is 2.39. The van der Waals surface area contributed by atoms with Crippen LogP contribution in [0.3, 0.4) is 0 Å². The molecule has 2 aromatic rings. The number of aromatic hydroxyl groups is 1. The van der Waals surface area contributed by atoms with Gasteiger partial charge < -0.3 is 25.4 Å². The maximum Gasteiger partial charge on any atom is 0.322 e. The lowest BCUT2D eigenvalue weighted by Gasteiger charge is -2.09. The number of ether oxygens (including phenoxy) is 1. The number of benzene rings is 1. The fourth-order valence-corrected chi connectivity index (χ4v) is 5.27. The van der Waals surface area contributed by atoms with Crippen molar-refractivity contribution < 1.29 is 34.4 Å². The average Bonchev–Trinajstić information content (AvgIpc) is 3.34. The third-order valence-corrected chi connectivity index (χ3v) is 8.01. The maximum absolute atomic E-state index is 12.3. The number of amides is 1. The van der Waals surface area contributed by atoms with Crippen molar-refractivity contribution in [3.8, 4) is 11.5 Å². The molecule has 1 amide bonds. The topological polar surface area (TPSA) is 146 Å². The van der Waals surface area contributed by atoms with E-state index in [4.69, 9.17) is 14.9 Å². The predicted octanol–water partition coefficient (Wildman–Crippen LogP) is 6.66. The summed E-state index contributed by atoms with van der Waals surface area (Å²) in [5, 5.41) is 31.0. The Labute approximate surface area is 245 Å². The molecule has 9 nitrogen and oxygen atoms in total. The first-order valence-electron chi connectivity index (χ1n) is 13.8. The normalized spacial score (nSPS) is 13.3. The van der Waals surface area contributed by atoms with Gasteiger partial charge in [-0.25, -0.2) is 4.98 Å². The van der Waals surface area contributed by atoms with Crippen LogP contribution in [0.25, 0.3) is 10.2 Å². The lowest BCUT2D eigenvalue weighted by Crippen LogP contribution is -2.29. The van der Waals surface area contributed by atoms with E-state index in [9.17, 15) is 19.5 Å². The van der Waals surface area contributed by atoms with Crippen molar-refractivity contribution in [1.29, 1.82) is 0 Å². The summed E-state index contributed by atoms with van der Waals surface area (Å²) in [7, 11) is 1.45. The van der Waals surface area contributed by atoms with Crippen LogP contribution in [0.4, 0.5) is 0 Å². The molecule has 4 N–H and O–H groups in total. The number of nitrogens with one attached hydrogen (secondary N) is 1. The second-order valence-electron chi connectivity index (χ2n) is 10.4. The number of fused-ring (bicyclic) bond motifs is 1. The summed E-state index contributed by atoms with van der Waals surface area (Å²) in [5.41, 5.74) is 4.91. The Bertz CT molecular complexity index is 1320. The number of hydrogen-bond donors (Lipinski definition) is 4. The molecular weight excluding hydrogens is 544 g/mol. The highest BCUT2D eigenvalue weighted by Gasteiger charge is 2.20. The summed E-state index contributed by atoms with van der Waals surface area (Å²) in [6.45, 7) is 7.54. The lowest BCUT2D eigenvalue weighted by atomic mass is 10.0. The fraction of sp³-hybridized carbons (Fsp3) is 0.484. The highest BCUT2D eigenvalue weighted by molar-refractivity contribution is 7.20. The van der Waals surface area contributed by atoms with Gasteiger partial charge in [0.2, 0.25) is 0 Å². The van der Waals surface area contributed by atoms with E-state index in [0.717, 1.165) is 49.9 Å². The number of phenolic OH excluding ortho intramolecular Hbond substituents is 1. The summed E-state index contributed by atoms with van der Waals surface area (Å²) in [6.07, 6.45) is 13.2. The van der Waals surface area contributed by atoms with Crippen molar-refractivity contribution in [2.24, 2.45) is 5.92 Å². The number of carboxylic acids is 2. The zero-order valence-electron chi connectivity index (χ0n) is 24.6.